The fourth-order valence-corrected chi connectivity index (χ4v) is 1.73. The SMILES string of the molecule is CCCCCCC(=O)c1cccc(C(F)(F)F)c1. The molecule has 100 valence electrons. The van der Waals surface area contributed by atoms with Crippen LogP contribution in [0.4, 0.5) is 13.2 Å². The third kappa shape index (κ3) is 4.51. The van der Waals surface area contributed by atoms with Gasteiger partial charge in [0.2, 0.25) is 0 Å². The van der Waals surface area contributed by atoms with Crippen molar-refractivity contribution in [3.05, 3.63) is 35.4 Å². The number of carbonyl (C=O) groups excluding carboxylic acids is 1. The number of unbranched alkanes of at least 4 members (excludes halogenated alkanes) is 3. The van der Waals surface area contributed by atoms with Crippen LogP contribution >= 0.6 is 0 Å². The van der Waals surface area contributed by atoms with Crippen LogP contribution in [-0.2, 0) is 6.18 Å². The van der Waals surface area contributed by atoms with E-state index in [1.165, 1.54) is 12.1 Å². The highest BCUT2D eigenvalue weighted by molar-refractivity contribution is 5.96. The monoisotopic (exact) mass is 258 g/mol. The number of ketones is 1. The van der Waals surface area contributed by atoms with Crippen molar-refractivity contribution in [1.82, 2.24) is 0 Å². The molecule has 1 aromatic carbocycles. The second-order valence-corrected chi connectivity index (χ2v) is 4.31. The molecule has 0 fully saturated rings. The maximum absolute atomic E-state index is 12.5. The molecular weight excluding hydrogens is 241 g/mol. The molecule has 0 aromatic heterocycles. The van der Waals surface area contributed by atoms with Crippen molar-refractivity contribution in [2.24, 2.45) is 0 Å². The summed E-state index contributed by atoms with van der Waals surface area (Å²) in [6.45, 7) is 2.06. The van der Waals surface area contributed by atoms with E-state index >= 15 is 0 Å². The molecule has 18 heavy (non-hydrogen) atoms. The molecule has 0 N–H and O–H groups in total. The highest BCUT2D eigenvalue weighted by Gasteiger charge is 2.30. The maximum Gasteiger partial charge on any atom is 0.416 e. The quantitative estimate of drug-likeness (QED) is 0.526. The van der Waals surface area contributed by atoms with E-state index in [9.17, 15) is 18.0 Å². The van der Waals surface area contributed by atoms with Crippen LogP contribution in [0.2, 0.25) is 0 Å². The van der Waals surface area contributed by atoms with E-state index in [0.717, 1.165) is 37.8 Å². The van der Waals surface area contributed by atoms with E-state index in [2.05, 4.69) is 6.92 Å². The van der Waals surface area contributed by atoms with Crippen LogP contribution in [0.1, 0.15) is 54.9 Å². The van der Waals surface area contributed by atoms with Gasteiger partial charge in [-0.2, -0.15) is 13.2 Å². The third-order valence-electron chi connectivity index (χ3n) is 2.77. The van der Waals surface area contributed by atoms with Crippen LogP contribution in [0.15, 0.2) is 24.3 Å². The minimum Gasteiger partial charge on any atom is -0.294 e. The Morgan fingerprint density at radius 2 is 1.89 bits per heavy atom. The van der Waals surface area contributed by atoms with E-state index < -0.39 is 11.7 Å². The zero-order valence-corrected chi connectivity index (χ0v) is 10.4. The molecule has 0 heterocycles. The lowest BCUT2D eigenvalue weighted by molar-refractivity contribution is -0.137. The zero-order valence-electron chi connectivity index (χ0n) is 10.4. The van der Waals surface area contributed by atoms with Gasteiger partial charge in [-0.1, -0.05) is 38.3 Å². The van der Waals surface area contributed by atoms with Gasteiger partial charge in [-0.05, 0) is 18.6 Å². The number of rotatable bonds is 6. The summed E-state index contributed by atoms with van der Waals surface area (Å²) < 4.78 is 37.4. The summed E-state index contributed by atoms with van der Waals surface area (Å²) in [4.78, 5) is 11.7. The fourth-order valence-electron chi connectivity index (χ4n) is 1.73. The summed E-state index contributed by atoms with van der Waals surface area (Å²) in [5, 5.41) is 0. The molecule has 0 unspecified atom stereocenters. The first kappa shape index (κ1) is 14.7. The predicted octanol–water partition coefficient (Wildman–Crippen LogP) is 4.86. The van der Waals surface area contributed by atoms with Gasteiger partial charge in [0, 0.05) is 12.0 Å². The van der Waals surface area contributed by atoms with Gasteiger partial charge < -0.3 is 0 Å². The molecule has 0 saturated heterocycles. The number of alkyl halides is 3. The number of hydrogen-bond donors (Lipinski definition) is 0. The average molecular weight is 258 g/mol. The van der Waals surface area contributed by atoms with E-state index in [1.807, 2.05) is 0 Å². The van der Waals surface area contributed by atoms with Crippen LogP contribution in [0, 0.1) is 0 Å². The van der Waals surface area contributed by atoms with Crippen molar-refractivity contribution in [3.8, 4) is 0 Å². The summed E-state index contributed by atoms with van der Waals surface area (Å²) in [6, 6.07) is 4.63. The predicted molar refractivity (Wildman–Crippen MR) is 64.5 cm³/mol. The second kappa shape index (κ2) is 6.57. The minimum absolute atomic E-state index is 0.154. The number of benzene rings is 1. The van der Waals surface area contributed by atoms with Crippen LogP contribution in [0.3, 0.4) is 0 Å². The highest BCUT2D eigenvalue weighted by atomic mass is 19.4. The molecule has 0 spiro atoms. The average Bonchev–Trinajstić information content (AvgIpc) is 2.33. The van der Waals surface area contributed by atoms with Crippen molar-refractivity contribution in [3.63, 3.8) is 0 Å². The summed E-state index contributed by atoms with van der Waals surface area (Å²) in [6.07, 6.45) is -0.266. The molecule has 0 amide bonds. The van der Waals surface area contributed by atoms with Gasteiger partial charge in [-0.25, -0.2) is 0 Å². The molecule has 4 heteroatoms. The highest BCUT2D eigenvalue weighted by Crippen LogP contribution is 2.29. The van der Waals surface area contributed by atoms with Crippen molar-refractivity contribution in [1.29, 1.82) is 0 Å². The van der Waals surface area contributed by atoms with Crippen LogP contribution in [0.5, 0.6) is 0 Å². The molecule has 0 aliphatic carbocycles. The number of hydrogen-bond acceptors (Lipinski definition) is 1. The molecule has 1 nitrogen and oxygen atoms in total. The first-order valence-corrected chi connectivity index (χ1v) is 6.15. The molecule has 0 aliphatic rings. The van der Waals surface area contributed by atoms with Crippen molar-refractivity contribution in [2.75, 3.05) is 0 Å². The molecule has 0 bridgehead atoms. The maximum atomic E-state index is 12.5. The normalized spacial score (nSPS) is 11.6. The van der Waals surface area contributed by atoms with Gasteiger partial charge in [-0.15, -0.1) is 0 Å². The van der Waals surface area contributed by atoms with E-state index in [0.29, 0.717) is 6.42 Å². The Morgan fingerprint density at radius 1 is 1.17 bits per heavy atom. The Hall–Kier alpha value is -1.32. The molecule has 0 saturated carbocycles. The zero-order chi connectivity index (χ0) is 13.6. The summed E-state index contributed by atoms with van der Waals surface area (Å²) >= 11 is 0. The molecule has 0 aliphatic heterocycles. The van der Waals surface area contributed by atoms with Gasteiger partial charge in [0.25, 0.3) is 0 Å². The van der Waals surface area contributed by atoms with Crippen LogP contribution < -0.4 is 0 Å². The Bertz CT molecular complexity index is 396. The lowest BCUT2D eigenvalue weighted by atomic mass is 10.0. The first-order chi connectivity index (χ1) is 8.45. The minimum atomic E-state index is -4.39. The Balaban J connectivity index is 2.63. The van der Waals surface area contributed by atoms with Crippen molar-refractivity contribution < 1.29 is 18.0 Å². The number of carbonyl (C=O) groups is 1. The smallest absolute Gasteiger partial charge is 0.294 e. The van der Waals surface area contributed by atoms with Crippen molar-refractivity contribution in [2.45, 2.75) is 45.2 Å². The Morgan fingerprint density at radius 3 is 2.50 bits per heavy atom. The largest absolute Gasteiger partial charge is 0.416 e. The summed E-state index contributed by atoms with van der Waals surface area (Å²) in [5.41, 5.74) is -0.608. The van der Waals surface area contributed by atoms with E-state index in [4.69, 9.17) is 0 Å². The van der Waals surface area contributed by atoms with Crippen LogP contribution in [-0.4, -0.2) is 5.78 Å². The fraction of sp³-hybridized carbons (Fsp3) is 0.500. The molecule has 1 rings (SSSR count). The molecular formula is C14H17F3O. The number of halogens is 3. The van der Waals surface area contributed by atoms with E-state index in [1.54, 1.807) is 0 Å². The topological polar surface area (TPSA) is 17.1 Å². The lowest BCUT2D eigenvalue weighted by Gasteiger charge is -2.08. The van der Waals surface area contributed by atoms with Gasteiger partial charge in [-0.3, -0.25) is 4.79 Å². The lowest BCUT2D eigenvalue weighted by Crippen LogP contribution is -2.07. The van der Waals surface area contributed by atoms with E-state index in [-0.39, 0.29) is 11.3 Å². The van der Waals surface area contributed by atoms with Gasteiger partial charge >= 0.3 is 6.18 Å². The third-order valence-corrected chi connectivity index (χ3v) is 2.77. The van der Waals surface area contributed by atoms with Crippen molar-refractivity contribution >= 4 is 5.78 Å². The summed E-state index contributed by atoms with van der Waals surface area (Å²) in [7, 11) is 0. The first-order valence-electron chi connectivity index (χ1n) is 6.15. The van der Waals surface area contributed by atoms with Crippen LogP contribution in [0.25, 0.3) is 0 Å². The molecule has 0 radical (unpaired) electrons. The standard InChI is InChI=1S/C14H17F3O/c1-2-3-4-5-9-13(18)11-7-6-8-12(10-11)14(15,16)17/h6-8,10H,2-5,9H2,1H3. The summed E-state index contributed by atoms with van der Waals surface area (Å²) in [5.74, 6) is -0.211. The van der Waals surface area contributed by atoms with Gasteiger partial charge in [0.15, 0.2) is 5.78 Å². The number of Topliss-reactive ketones (excluding diaryl/α,β-unsaturated/α-hetero) is 1. The van der Waals surface area contributed by atoms with Gasteiger partial charge in [0.1, 0.15) is 0 Å². The molecule has 0 atom stereocenters. The van der Waals surface area contributed by atoms with Gasteiger partial charge in [0.05, 0.1) is 5.56 Å². The molecule has 1 aromatic rings. The Kier molecular flexibility index (Phi) is 5.38. The Labute approximate surface area is 105 Å². The second-order valence-electron chi connectivity index (χ2n) is 4.31.